The summed E-state index contributed by atoms with van der Waals surface area (Å²) < 4.78 is 11.1. The van der Waals surface area contributed by atoms with Gasteiger partial charge in [-0.05, 0) is 44.9 Å². The maximum absolute atomic E-state index is 10.2. The zero-order valence-electron chi connectivity index (χ0n) is 15.1. The van der Waals surface area contributed by atoms with Crippen molar-refractivity contribution in [1.29, 1.82) is 0 Å². The third kappa shape index (κ3) is 5.69. The predicted octanol–water partition coefficient (Wildman–Crippen LogP) is 4.03. The number of aliphatic hydroxyl groups is 1. The van der Waals surface area contributed by atoms with Crippen LogP contribution >= 0.6 is 0 Å². The van der Waals surface area contributed by atoms with Crippen molar-refractivity contribution in [3.05, 3.63) is 42.4 Å². The number of ether oxygens (including phenoxy) is 1. The first-order valence-corrected chi connectivity index (χ1v) is 8.60. The molecule has 1 atom stereocenters. The molecule has 1 unspecified atom stereocenters. The quantitative estimate of drug-likeness (QED) is 0.767. The lowest BCUT2D eigenvalue weighted by molar-refractivity contribution is 0.100. The maximum Gasteiger partial charge on any atom is 0.127 e. The standard InChI is InChI=1S/C20H29NO3/c1-5-6-15-7-8-18(16-9-10-23-13-16)19(11-15)24-14-17(22)12-21-20(2,3)4/h7-11,13,17,21-22H,5-6,12,14H2,1-4H3. The predicted molar refractivity (Wildman–Crippen MR) is 97.4 cm³/mol. The Kier molecular flexibility index (Phi) is 6.46. The molecule has 0 spiro atoms. The lowest BCUT2D eigenvalue weighted by Gasteiger charge is -2.23. The van der Waals surface area contributed by atoms with E-state index in [2.05, 4.69) is 51.2 Å². The van der Waals surface area contributed by atoms with Crippen molar-refractivity contribution < 1.29 is 14.3 Å². The summed E-state index contributed by atoms with van der Waals surface area (Å²) in [5, 5.41) is 13.4. The molecule has 4 nitrogen and oxygen atoms in total. The monoisotopic (exact) mass is 331 g/mol. The SMILES string of the molecule is CCCc1ccc(-c2ccoc2)c(OCC(O)CNC(C)(C)C)c1. The average molecular weight is 331 g/mol. The van der Waals surface area contributed by atoms with Crippen molar-refractivity contribution in [2.75, 3.05) is 13.2 Å². The van der Waals surface area contributed by atoms with Gasteiger partial charge in [0.15, 0.2) is 0 Å². The number of aryl methyl sites for hydroxylation is 1. The Morgan fingerprint density at radius 3 is 2.67 bits per heavy atom. The van der Waals surface area contributed by atoms with Crippen molar-refractivity contribution in [2.45, 2.75) is 52.2 Å². The molecule has 0 saturated heterocycles. The Morgan fingerprint density at radius 1 is 1.25 bits per heavy atom. The van der Waals surface area contributed by atoms with Gasteiger partial charge in [0.05, 0.1) is 12.5 Å². The van der Waals surface area contributed by atoms with Gasteiger partial charge in [-0.25, -0.2) is 0 Å². The summed E-state index contributed by atoms with van der Waals surface area (Å²) >= 11 is 0. The Hall–Kier alpha value is -1.78. The molecule has 0 saturated carbocycles. The minimum Gasteiger partial charge on any atom is -0.490 e. The van der Waals surface area contributed by atoms with Crippen LogP contribution < -0.4 is 10.1 Å². The Balaban J connectivity index is 2.07. The van der Waals surface area contributed by atoms with E-state index in [1.54, 1.807) is 12.5 Å². The van der Waals surface area contributed by atoms with Gasteiger partial charge >= 0.3 is 0 Å². The second-order valence-corrected chi connectivity index (χ2v) is 7.19. The largest absolute Gasteiger partial charge is 0.490 e. The number of hydrogen-bond donors (Lipinski definition) is 2. The zero-order chi connectivity index (χ0) is 17.6. The highest BCUT2D eigenvalue weighted by atomic mass is 16.5. The first-order valence-electron chi connectivity index (χ1n) is 8.60. The average Bonchev–Trinajstić information content (AvgIpc) is 3.05. The van der Waals surface area contributed by atoms with Gasteiger partial charge < -0.3 is 19.6 Å². The molecule has 0 aliphatic rings. The molecular formula is C20H29NO3. The van der Waals surface area contributed by atoms with Crippen LogP contribution in [0.5, 0.6) is 5.75 Å². The van der Waals surface area contributed by atoms with Crippen LogP contribution in [0, 0.1) is 0 Å². The van der Waals surface area contributed by atoms with Gasteiger partial charge in [-0.1, -0.05) is 25.5 Å². The summed E-state index contributed by atoms with van der Waals surface area (Å²) in [4.78, 5) is 0. The highest BCUT2D eigenvalue weighted by Crippen LogP contribution is 2.32. The summed E-state index contributed by atoms with van der Waals surface area (Å²) in [6.07, 6.45) is 4.90. The molecule has 2 rings (SSSR count). The van der Waals surface area contributed by atoms with Crippen LogP contribution in [0.2, 0.25) is 0 Å². The highest BCUT2D eigenvalue weighted by Gasteiger charge is 2.14. The van der Waals surface area contributed by atoms with Gasteiger partial charge in [-0.15, -0.1) is 0 Å². The third-order valence-electron chi connectivity index (χ3n) is 3.72. The molecule has 0 fully saturated rings. The van der Waals surface area contributed by atoms with Gasteiger partial charge in [0.2, 0.25) is 0 Å². The molecule has 1 heterocycles. The Bertz CT molecular complexity index is 614. The number of β-amino-alcohol motifs (C(OH)–C–C–N with tert-alkyl or cyclic N) is 1. The molecule has 24 heavy (non-hydrogen) atoms. The van der Waals surface area contributed by atoms with E-state index < -0.39 is 6.10 Å². The number of aliphatic hydroxyl groups excluding tert-OH is 1. The van der Waals surface area contributed by atoms with E-state index in [4.69, 9.17) is 9.15 Å². The normalized spacial score (nSPS) is 13.0. The minimum atomic E-state index is -0.559. The van der Waals surface area contributed by atoms with Crippen LogP contribution in [0.15, 0.2) is 41.2 Å². The van der Waals surface area contributed by atoms with Gasteiger partial charge in [-0.2, -0.15) is 0 Å². The van der Waals surface area contributed by atoms with E-state index in [1.165, 1.54) is 5.56 Å². The maximum atomic E-state index is 10.2. The van der Waals surface area contributed by atoms with Gasteiger partial charge in [0.25, 0.3) is 0 Å². The Morgan fingerprint density at radius 2 is 2.04 bits per heavy atom. The lowest BCUT2D eigenvalue weighted by atomic mass is 10.0. The molecule has 0 aliphatic carbocycles. The zero-order valence-corrected chi connectivity index (χ0v) is 15.1. The van der Waals surface area contributed by atoms with Crippen LogP contribution in [0.1, 0.15) is 39.7 Å². The first-order chi connectivity index (χ1) is 11.4. The summed E-state index contributed by atoms with van der Waals surface area (Å²) in [5.74, 6) is 0.789. The van der Waals surface area contributed by atoms with E-state index >= 15 is 0 Å². The van der Waals surface area contributed by atoms with E-state index in [9.17, 15) is 5.11 Å². The van der Waals surface area contributed by atoms with Crippen molar-refractivity contribution in [1.82, 2.24) is 5.32 Å². The smallest absolute Gasteiger partial charge is 0.127 e. The van der Waals surface area contributed by atoms with Crippen LogP contribution in [0.3, 0.4) is 0 Å². The number of nitrogens with one attached hydrogen (secondary N) is 1. The molecule has 1 aromatic carbocycles. The van der Waals surface area contributed by atoms with Crippen LogP contribution in [-0.4, -0.2) is 29.9 Å². The summed E-state index contributed by atoms with van der Waals surface area (Å²) in [5.41, 5.74) is 3.18. The molecular weight excluding hydrogens is 302 g/mol. The third-order valence-corrected chi connectivity index (χ3v) is 3.72. The summed E-state index contributed by atoms with van der Waals surface area (Å²) in [7, 11) is 0. The highest BCUT2D eigenvalue weighted by molar-refractivity contribution is 5.70. The molecule has 4 heteroatoms. The second kappa shape index (κ2) is 8.36. The molecule has 0 radical (unpaired) electrons. The molecule has 1 aromatic heterocycles. The summed E-state index contributed by atoms with van der Waals surface area (Å²) in [6, 6.07) is 8.16. The number of hydrogen-bond acceptors (Lipinski definition) is 4. The lowest BCUT2D eigenvalue weighted by Crippen LogP contribution is -2.42. The van der Waals surface area contributed by atoms with E-state index in [-0.39, 0.29) is 12.1 Å². The van der Waals surface area contributed by atoms with Crippen LogP contribution in [0.4, 0.5) is 0 Å². The fraction of sp³-hybridized carbons (Fsp3) is 0.500. The molecule has 0 amide bonds. The van der Waals surface area contributed by atoms with E-state index in [0.717, 1.165) is 29.7 Å². The minimum absolute atomic E-state index is 0.0238. The molecule has 132 valence electrons. The fourth-order valence-corrected chi connectivity index (χ4v) is 2.46. The van der Waals surface area contributed by atoms with Crippen molar-refractivity contribution in [2.24, 2.45) is 0 Å². The van der Waals surface area contributed by atoms with Gasteiger partial charge in [0, 0.05) is 23.2 Å². The number of furan rings is 1. The van der Waals surface area contributed by atoms with E-state index in [1.807, 2.05) is 6.07 Å². The van der Waals surface area contributed by atoms with Crippen LogP contribution in [-0.2, 0) is 6.42 Å². The Labute approximate surface area is 144 Å². The number of benzene rings is 1. The number of rotatable bonds is 8. The second-order valence-electron chi connectivity index (χ2n) is 7.19. The van der Waals surface area contributed by atoms with Gasteiger partial charge in [0.1, 0.15) is 18.5 Å². The summed E-state index contributed by atoms with van der Waals surface area (Å²) in [6.45, 7) is 9.14. The topological polar surface area (TPSA) is 54.6 Å². The fourth-order valence-electron chi connectivity index (χ4n) is 2.46. The molecule has 0 bridgehead atoms. The van der Waals surface area contributed by atoms with E-state index in [0.29, 0.717) is 6.54 Å². The van der Waals surface area contributed by atoms with Crippen molar-refractivity contribution in [3.63, 3.8) is 0 Å². The first kappa shape index (κ1) is 18.6. The molecule has 2 N–H and O–H groups in total. The molecule has 0 aliphatic heterocycles. The van der Waals surface area contributed by atoms with Gasteiger partial charge in [-0.3, -0.25) is 0 Å². The van der Waals surface area contributed by atoms with Crippen molar-refractivity contribution in [3.8, 4) is 16.9 Å². The van der Waals surface area contributed by atoms with Crippen LogP contribution in [0.25, 0.3) is 11.1 Å². The van der Waals surface area contributed by atoms with Crippen molar-refractivity contribution >= 4 is 0 Å². The molecule has 2 aromatic rings.